The number of hydrogen-bond donors (Lipinski definition) is 2. The van der Waals surface area contributed by atoms with E-state index < -0.39 is 0 Å². The van der Waals surface area contributed by atoms with Gasteiger partial charge < -0.3 is 10.8 Å². The van der Waals surface area contributed by atoms with Gasteiger partial charge in [0, 0.05) is 12.1 Å². The second-order valence-corrected chi connectivity index (χ2v) is 3.40. The van der Waals surface area contributed by atoms with Crippen LogP contribution in [-0.4, -0.2) is 17.3 Å². The van der Waals surface area contributed by atoms with Crippen molar-refractivity contribution in [3.8, 4) is 0 Å². The average Bonchev–Trinajstić information content (AvgIpc) is 1.89. The molecule has 0 heterocycles. The first-order chi connectivity index (χ1) is 4.77. The quantitative estimate of drug-likeness (QED) is 0.674. The lowest BCUT2D eigenvalue weighted by atomic mass is 9.80. The third-order valence-electron chi connectivity index (χ3n) is 2.46. The zero-order valence-electron chi connectivity index (χ0n) is 6.88. The van der Waals surface area contributed by atoms with Gasteiger partial charge >= 0.3 is 0 Å². The first kappa shape index (κ1) is 11.2. The average molecular weight is 180 g/mol. The van der Waals surface area contributed by atoms with Crippen molar-refractivity contribution in [2.24, 2.45) is 5.73 Å². The van der Waals surface area contributed by atoms with Gasteiger partial charge in [-0.05, 0) is 19.3 Å². The minimum Gasteiger partial charge on any atom is -0.396 e. The summed E-state index contributed by atoms with van der Waals surface area (Å²) in [5, 5.41) is 8.70. The second-order valence-electron chi connectivity index (χ2n) is 3.40. The Morgan fingerprint density at radius 2 is 1.73 bits per heavy atom. The Balaban J connectivity index is 0.000001000. The van der Waals surface area contributed by atoms with Crippen LogP contribution in [0.5, 0.6) is 0 Å². The third kappa shape index (κ3) is 3.41. The molecule has 1 aliphatic carbocycles. The van der Waals surface area contributed by atoms with Gasteiger partial charge in [0.15, 0.2) is 0 Å². The van der Waals surface area contributed by atoms with Gasteiger partial charge in [0.05, 0.1) is 0 Å². The fraction of sp³-hybridized carbons (Fsp3) is 1.00. The van der Waals surface area contributed by atoms with Crippen molar-refractivity contribution in [3.05, 3.63) is 0 Å². The van der Waals surface area contributed by atoms with Crippen LogP contribution < -0.4 is 5.73 Å². The maximum absolute atomic E-state index is 8.70. The van der Waals surface area contributed by atoms with Crippen LogP contribution in [0.1, 0.15) is 38.5 Å². The molecule has 68 valence electrons. The van der Waals surface area contributed by atoms with Crippen LogP contribution in [0.2, 0.25) is 0 Å². The fourth-order valence-corrected chi connectivity index (χ4v) is 1.73. The lowest BCUT2D eigenvalue weighted by Gasteiger charge is -2.32. The van der Waals surface area contributed by atoms with Gasteiger partial charge in [-0.3, -0.25) is 0 Å². The van der Waals surface area contributed by atoms with E-state index in [9.17, 15) is 0 Å². The van der Waals surface area contributed by atoms with E-state index in [0.29, 0.717) is 0 Å². The zero-order chi connectivity index (χ0) is 7.45. The van der Waals surface area contributed by atoms with Crippen molar-refractivity contribution >= 4 is 12.4 Å². The highest BCUT2D eigenvalue weighted by molar-refractivity contribution is 5.85. The molecule has 1 rings (SSSR count). The Labute approximate surface area is 74.6 Å². The van der Waals surface area contributed by atoms with E-state index in [2.05, 4.69) is 0 Å². The minimum absolute atomic E-state index is 0. The van der Waals surface area contributed by atoms with E-state index in [-0.39, 0.29) is 24.6 Å². The van der Waals surface area contributed by atoms with Crippen LogP contribution in [0.4, 0.5) is 0 Å². The first-order valence-electron chi connectivity index (χ1n) is 4.17. The molecule has 0 unspecified atom stereocenters. The molecule has 0 bridgehead atoms. The van der Waals surface area contributed by atoms with Crippen LogP contribution >= 0.6 is 12.4 Å². The lowest BCUT2D eigenvalue weighted by molar-refractivity contribution is 0.201. The van der Waals surface area contributed by atoms with Gasteiger partial charge in [0.1, 0.15) is 0 Å². The van der Waals surface area contributed by atoms with Crippen molar-refractivity contribution in [2.75, 3.05) is 6.61 Å². The molecule has 0 spiro atoms. The predicted molar refractivity (Wildman–Crippen MR) is 49.0 cm³/mol. The minimum atomic E-state index is -0.0208. The molecular formula is C8H18ClNO. The van der Waals surface area contributed by atoms with Gasteiger partial charge in [-0.15, -0.1) is 12.4 Å². The smallest absolute Gasteiger partial charge is 0.0448 e. The summed E-state index contributed by atoms with van der Waals surface area (Å²) in [6.45, 7) is 0.247. The summed E-state index contributed by atoms with van der Waals surface area (Å²) in [4.78, 5) is 0. The lowest BCUT2D eigenvalue weighted by Crippen LogP contribution is -2.42. The van der Waals surface area contributed by atoms with Crippen LogP contribution in [0.25, 0.3) is 0 Å². The van der Waals surface area contributed by atoms with E-state index in [0.717, 1.165) is 19.3 Å². The number of aliphatic hydroxyl groups excluding tert-OH is 1. The summed E-state index contributed by atoms with van der Waals surface area (Å²) in [7, 11) is 0. The zero-order valence-corrected chi connectivity index (χ0v) is 7.70. The molecule has 3 N–H and O–H groups in total. The van der Waals surface area contributed by atoms with Crippen molar-refractivity contribution in [1.82, 2.24) is 0 Å². The van der Waals surface area contributed by atoms with Gasteiger partial charge in [0.25, 0.3) is 0 Å². The van der Waals surface area contributed by atoms with Crippen molar-refractivity contribution in [3.63, 3.8) is 0 Å². The summed E-state index contributed by atoms with van der Waals surface area (Å²) in [5.74, 6) is 0. The van der Waals surface area contributed by atoms with E-state index in [1.54, 1.807) is 0 Å². The summed E-state index contributed by atoms with van der Waals surface area (Å²) in [6.07, 6.45) is 6.81. The molecule has 1 aliphatic rings. The number of aliphatic hydroxyl groups is 1. The van der Waals surface area contributed by atoms with Crippen LogP contribution in [0.15, 0.2) is 0 Å². The largest absolute Gasteiger partial charge is 0.396 e. The topological polar surface area (TPSA) is 46.2 Å². The van der Waals surface area contributed by atoms with E-state index >= 15 is 0 Å². The Bertz CT molecular complexity index is 96.8. The Morgan fingerprint density at radius 3 is 2.18 bits per heavy atom. The molecule has 0 radical (unpaired) electrons. The summed E-state index contributed by atoms with van der Waals surface area (Å²) >= 11 is 0. The molecule has 0 aromatic heterocycles. The molecule has 0 saturated heterocycles. The number of halogens is 1. The third-order valence-corrected chi connectivity index (χ3v) is 2.46. The van der Waals surface area contributed by atoms with Gasteiger partial charge in [-0.1, -0.05) is 19.3 Å². The SMILES string of the molecule is Cl.NC1(CCO)CCCCC1. The molecule has 1 fully saturated rings. The van der Waals surface area contributed by atoms with Crippen LogP contribution in [0.3, 0.4) is 0 Å². The molecule has 1 saturated carbocycles. The van der Waals surface area contributed by atoms with Crippen molar-refractivity contribution in [2.45, 2.75) is 44.1 Å². The summed E-state index contributed by atoms with van der Waals surface area (Å²) < 4.78 is 0. The molecule has 0 atom stereocenters. The normalized spacial score (nSPS) is 22.4. The van der Waals surface area contributed by atoms with Crippen molar-refractivity contribution in [1.29, 1.82) is 0 Å². The number of hydrogen-bond acceptors (Lipinski definition) is 2. The van der Waals surface area contributed by atoms with Gasteiger partial charge in [-0.25, -0.2) is 0 Å². The van der Waals surface area contributed by atoms with E-state index in [4.69, 9.17) is 10.8 Å². The summed E-state index contributed by atoms with van der Waals surface area (Å²) in [5.41, 5.74) is 5.99. The molecular weight excluding hydrogens is 162 g/mol. The van der Waals surface area contributed by atoms with E-state index in [1.807, 2.05) is 0 Å². The molecule has 0 aromatic carbocycles. The Hall–Kier alpha value is 0.210. The fourth-order valence-electron chi connectivity index (χ4n) is 1.73. The molecule has 11 heavy (non-hydrogen) atoms. The van der Waals surface area contributed by atoms with Gasteiger partial charge in [0.2, 0.25) is 0 Å². The van der Waals surface area contributed by atoms with Crippen LogP contribution in [-0.2, 0) is 0 Å². The second kappa shape index (κ2) is 4.96. The highest BCUT2D eigenvalue weighted by atomic mass is 35.5. The summed E-state index contributed by atoms with van der Waals surface area (Å²) in [6, 6.07) is 0. The van der Waals surface area contributed by atoms with Crippen LogP contribution in [0, 0.1) is 0 Å². The number of nitrogens with two attached hydrogens (primary N) is 1. The molecule has 0 aliphatic heterocycles. The highest BCUT2D eigenvalue weighted by Crippen LogP contribution is 2.27. The Kier molecular flexibility index (Phi) is 5.06. The highest BCUT2D eigenvalue weighted by Gasteiger charge is 2.25. The maximum atomic E-state index is 8.70. The van der Waals surface area contributed by atoms with Gasteiger partial charge in [-0.2, -0.15) is 0 Å². The Morgan fingerprint density at radius 1 is 1.18 bits per heavy atom. The molecule has 0 amide bonds. The predicted octanol–water partition coefficient (Wildman–Crippen LogP) is 1.45. The monoisotopic (exact) mass is 179 g/mol. The first-order valence-corrected chi connectivity index (χ1v) is 4.17. The molecule has 0 aromatic rings. The maximum Gasteiger partial charge on any atom is 0.0448 e. The van der Waals surface area contributed by atoms with E-state index in [1.165, 1.54) is 19.3 Å². The van der Waals surface area contributed by atoms with Crippen molar-refractivity contribution < 1.29 is 5.11 Å². The molecule has 3 heteroatoms. The molecule has 2 nitrogen and oxygen atoms in total. The number of rotatable bonds is 2. The standard InChI is InChI=1S/C8H17NO.ClH/c9-8(6-7-10)4-2-1-3-5-8;/h10H,1-7,9H2;1H.